The number of aromatic nitrogens is 3. The molecule has 0 saturated carbocycles. The van der Waals surface area contributed by atoms with E-state index in [2.05, 4.69) is 10.1 Å². The molecule has 1 fully saturated rings. The van der Waals surface area contributed by atoms with E-state index in [0.717, 1.165) is 24.9 Å². The highest BCUT2D eigenvalue weighted by Gasteiger charge is 2.31. The quantitative estimate of drug-likeness (QED) is 0.761. The van der Waals surface area contributed by atoms with Crippen molar-refractivity contribution in [2.75, 3.05) is 17.2 Å². The van der Waals surface area contributed by atoms with Gasteiger partial charge in [-0.1, -0.05) is 0 Å². The summed E-state index contributed by atoms with van der Waals surface area (Å²) in [5.74, 6) is 0.514. The topological polar surface area (TPSA) is 103 Å². The minimum atomic E-state index is -0.345. The first-order chi connectivity index (χ1) is 8.66. The zero-order valence-electron chi connectivity index (χ0n) is 9.78. The van der Waals surface area contributed by atoms with Crippen LogP contribution in [0.3, 0.4) is 0 Å². The predicted octanol–water partition coefficient (Wildman–Crippen LogP) is -0.234. The van der Waals surface area contributed by atoms with Crippen molar-refractivity contribution in [2.45, 2.75) is 18.9 Å². The summed E-state index contributed by atoms with van der Waals surface area (Å²) in [6.07, 6.45) is 3.44. The van der Waals surface area contributed by atoms with E-state index in [0.29, 0.717) is 11.8 Å². The molecule has 7 heteroatoms. The van der Waals surface area contributed by atoms with E-state index >= 15 is 0 Å². The summed E-state index contributed by atoms with van der Waals surface area (Å²) in [4.78, 5) is 17.4. The Balaban J connectivity index is 2.05. The van der Waals surface area contributed by atoms with Gasteiger partial charge in [-0.3, -0.25) is 4.79 Å². The molecule has 7 nitrogen and oxygen atoms in total. The van der Waals surface area contributed by atoms with E-state index < -0.39 is 0 Å². The number of hydrogen-bond donors (Lipinski definition) is 2. The maximum atomic E-state index is 11.4. The molecule has 0 aromatic carbocycles. The number of carbonyl (C=O) groups excluding carboxylic acids is 1. The van der Waals surface area contributed by atoms with Crippen LogP contribution in [0.2, 0.25) is 0 Å². The van der Waals surface area contributed by atoms with Gasteiger partial charge in [0.2, 0.25) is 11.9 Å². The number of hydrogen-bond acceptors (Lipinski definition) is 5. The molecular formula is C11H14N6O. The van der Waals surface area contributed by atoms with E-state index in [1.54, 1.807) is 10.7 Å². The number of nitrogens with zero attached hydrogens (tertiary/aromatic N) is 4. The zero-order chi connectivity index (χ0) is 12.7. The first kappa shape index (κ1) is 10.8. The summed E-state index contributed by atoms with van der Waals surface area (Å²) in [6, 6.07) is 3.35. The highest BCUT2D eigenvalue weighted by molar-refractivity contribution is 5.83. The van der Waals surface area contributed by atoms with E-state index in [9.17, 15) is 4.79 Å². The van der Waals surface area contributed by atoms with Crippen LogP contribution in [0.5, 0.6) is 0 Å². The largest absolute Gasteiger partial charge is 0.382 e. The van der Waals surface area contributed by atoms with Crippen LogP contribution in [0, 0.1) is 0 Å². The second-order valence-corrected chi connectivity index (χ2v) is 4.39. The molecule has 94 valence electrons. The van der Waals surface area contributed by atoms with Crippen LogP contribution in [0.25, 0.3) is 5.52 Å². The smallest absolute Gasteiger partial charge is 0.246 e. The molecule has 18 heavy (non-hydrogen) atoms. The van der Waals surface area contributed by atoms with Crippen LogP contribution < -0.4 is 16.4 Å². The molecule has 1 aliphatic rings. The Bertz CT molecular complexity index is 607. The zero-order valence-corrected chi connectivity index (χ0v) is 9.78. The van der Waals surface area contributed by atoms with Gasteiger partial charge in [0.1, 0.15) is 11.6 Å². The summed E-state index contributed by atoms with van der Waals surface area (Å²) in [5.41, 5.74) is 12.0. The summed E-state index contributed by atoms with van der Waals surface area (Å²) < 4.78 is 1.66. The van der Waals surface area contributed by atoms with Crippen LogP contribution in [0.1, 0.15) is 12.8 Å². The van der Waals surface area contributed by atoms with Crippen LogP contribution in [-0.2, 0) is 4.79 Å². The number of nitrogen functional groups attached to an aromatic ring is 1. The lowest BCUT2D eigenvalue weighted by Crippen LogP contribution is -2.41. The lowest BCUT2D eigenvalue weighted by atomic mass is 10.2. The Morgan fingerprint density at radius 1 is 1.50 bits per heavy atom. The third kappa shape index (κ3) is 1.55. The maximum absolute atomic E-state index is 11.4. The molecule has 0 aliphatic carbocycles. The SMILES string of the molecule is NC(=O)C1CCCN1c1nc(N)c2cccn2n1. The Kier molecular flexibility index (Phi) is 2.32. The number of fused-ring (bicyclic) bond motifs is 1. The van der Waals surface area contributed by atoms with Crippen molar-refractivity contribution < 1.29 is 4.79 Å². The van der Waals surface area contributed by atoms with E-state index in [4.69, 9.17) is 11.5 Å². The standard InChI is InChI=1S/C11H14N6O/c12-9-7-3-2-6-17(7)15-11(14-9)16-5-1-4-8(16)10(13)18/h2-3,6,8H,1,4-5H2,(H2,13,18)(H2,12,14,15). The van der Waals surface area contributed by atoms with Gasteiger partial charge in [-0.05, 0) is 25.0 Å². The van der Waals surface area contributed by atoms with Crippen molar-refractivity contribution in [3.05, 3.63) is 18.3 Å². The maximum Gasteiger partial charge on any atom is 0.246 e. The van der Waals surface area contributed by atoms with Crippen molar-refractivity contribution in [3.63, 3.8) is 0 Å². The Morgan fingerprint density at radius 2 is 2.33 bits per heavy atom. The first-order valence-corrected chi connectivity index (χ1v) is 5.83. The second-order valence-electron chi connectivity index (χ2n) is 4.39. The van der Waals surface area contributed by atoms with Gasteiger partial charge in [-0.2, -0.15) is 4.98 Å². The van der Waals surface area contributed by atoms with Crippen molar-refractivity contribution in [1.29, 1.82) is 0 Å². The molecule has 1 unspecified atom stereocenters. The lowest BCUT2D eigenvalue weighted by Gasteiger charge is -2.22. The lowest BCUT2D eigenvalue weighted by molar-refractivity contribution is -0.119. The minimum absolute atomic E-state index is 0.336. The molecule has 1 atom stereocenters. The van der Waals surface area contributed by atoms with Gasteiger partial charge in [0.25, 0.3) is 0 Å². The molecular weight excluding hydrogens is 232 g/mol. The molecule has 0 bridgehead atoms. The van der Waals surface area contributed by atoms with Crippen LogP contribution in [0.4, 0.5) is 11.8 Å². The number of primary amides is 1. The molecule has 3 heterocycles. The molecule has 0 spiro atoms. The van der Waals surface area contributed by atoms with Crippen LogP contribution in [-0.4, -0.2) is 33.1 Å². The van der Waals surface area contributed by atoms with Crippen molar-refractivity contribution in [2.24, 2.45) is 5.73 Å². The molecule has 1 amide bonds. The van der Waals surface area contributed by atoms with Gasteiger partial charge >= 0.3 is 0 Å². The second kappa shape index (κ2) is 3.86. The normalized spacial score (nSPS) is 19.6. The highest BCUT2D eigenvalue weighted by atomic mass is 16.1. The molecule has 4 N–H and O–H groups in total. The van der Waals surface area contributed by atoms with E-state index in [-0.39, 0.29) is 11.9 Å². The summed E-state index contributed by atoms with van der Waals surface area (Å²) in [5, 5.41) is 4.35. The fraction of sp³-hybridized carbons (Fsp3) is 0.364. The fourth-order valence-corrected chi connectivity index (χ4v) is 2.37. The average Bonchev–Trinajstić information content (AvgIpc) is 2.97. The minimum Gasteiger partial charge on any atom is -0.382 e. The predicted molar refractivity (Wildman–Crippen MR) is 67.0 cm³/mol. The van der Waals surface area contributed by atoms with E-state index in [1.807, 2.05) is 17.0 Å². The number of amides is 1. The summed E-state index contributed by atoms with van der Waals surface area (Å²) >= 11 is 0. The Hall–Kier alpha value is -2.31. The highest BCUT2D eigenvalue weighted by Crippen LogP contribution is 2.23. The number of carbonyl (C=O) groups is 1. The number of rotatable bonds is 2. The molecule has 3 rings (SSSR count). The molecule has 2 aromatic heterocycles. The summed E-state index contributed by atoms with van der Waals surface area (Å²) in [6.45, 7) is 0.722. The van der Waals surface area contributed by atoms with Crippen LogP contribution in [0.15, 0.2) is 18.3 Å². The molecule has 1 saturated heterocycles. The Labute approximate surface area is 103 Å². The van der Waals surface area contributed by atoms with Crippen molar-refractivity contribution in [1.82, 2.24) is 14.6 Å². The van der Waals surface area contributed by atoms with Gasteiger partial charge in [0.15, 0.2) is 5.82 Å². The third-order valence-corrected chi connectivity index (χ3v) is 3.25. The number of nitrogens with two attached hydrogens (primary N) is 2. The Morgan fingerprint density at radius 3 is 3.11 bits per heavy atom. The number of anilines is 2. The van der Waals surface area contributed by atoms with Gasteiger partial charge in [-0.25, -0.2) is 4.52 Å². The van der Waals surface area contributed by atoms with Crippen molar-refractivity contribution in [3.8, 4) is 0 Å². The van der Waals surface area contributed by atoms with E-state index in [1.165, 1.54) is 0 Å². The fourth-order valence-electron chi connectivity index (χ4n) is 2.37. The first-order valence-electron chi connectivity index (χ1n) is 5.83. The average molecular weight is 246 g/mol. The van der Waals surface area contributed by atoms with Gasteiger partial charge < -0.3 is 16.4 Å². The van der Waals surface area contributed by atoms with Gasteiger partial charge in [-0.15, -0.1) is 5.10 Å². The molecule has 2 aromatic rings. The molecule has 0 radical (unpaired) electrons. The molecule has 1 aliphatic heterocycles. The van der Waals surface area contributed by atoms with Gasteiger partial charge in [0.05, 0.1) is 0 Å². The third-order valence-electron chi connectivity index (χ3n) is 3.25. The van der Waals surface area contributed by atoms with Crippen LogP contribution >= 0.6 is 0 Å². The van der Waals surface area contributed by atoms with Crippen molar-refractivity contribution >= 4 is 23.2 Å². The van der Waals surface area contributed by atoms with Gasteiger partial charge in [0, 0.05) is 12.7 Å². The monoisotopic (exact) mass is 246 g/mol. The summed E-state index contributed by atoms with van der Waals surface area (Å²) in [7, 11) is 0.